The summed E-state index contributed by atoms with van der Waals surface area (Å²) in [5, 5.41) is 6.53. The van der Waals surface area contributed by atoms with E-state index in [1.807, 2.05) is 31.2 Å². The van der Waals surface area contributed by atoms with Gasteiger partial charge in [0.25, 0.3) is 0 Å². The van der Waals surface area contributed by atoms with Crippen LogP contribution < -0.4 is 10.6 Å². The summed E-state index contributed by atoms with van der Waals surface area (Å²) in [6, 6.07) is 13.6. The van der Waals surface area contributed by atoms with Crippen molar-refractivity contribution in [3.8, 4) is 0 Å². The van der Waals surface area contributed by atoms with Crippen molar-refractivity contribution in [1.29, 1.82) is 0 Å². The van der Waals surface area contributed by atoms with Crippen LogP contribution in [0.3, 0.4) is 0 Å². The minimum Gasteiger partial charge on any atom is -0.325 e. The maximum absolute atomic E-state index is 12.5. The number of sulfonamides is 1. The lowest BCUT2D eigenvalue weighted by molar-refractivity contribution is -0.115. The van der Waals surface area contributed by atoms with Crippen LogP contribution in [0.1, 0.15) is 32.4 Å². The number of halogens is 1. The average Bonchev–Trinajstić information content (AvgIpc) is 2.67. The second-order valence-electron chi connectivity index (χ2n) is 6.29. The topological polar surface area (TPSA) is 78.5 Å². The number of nitrogens with zero attached hydrogens (tertiary/aromatic N) is 1. The first-order valence-electron chi connectivity index (χ1n) is 9.17. The Morgan fingerprint density at radius 2 is 1.68 bits per heavy atom. The predicted octanol–water partition coefficient (Wildman–Crippen LogP) is 3.66. The van der Waals surface area contributed by atoms with Crippen molar-refractivity contribution in [1.82, 2.24) is 9.62 Å². The molecule has 0 radical (unpaired) electrons. The molecule has 6 nitrogen and oxygen atoms in total. The fraction of sp³-hybridized carbons (Fsp3) is 0.350. The van der Waals surface area contributed by atoms with E-state index in [0.717, 1.165) is 5.56 Å². The molecule has 0 fully saturated rings. The summed E-state index contributed by atoms with van der Waals surface area (Å²) < 4.78 is 26.4. The van der Waals surface area contributed by atoms with E-state index in [-0.39, 0.29) is 23.4 Å². The third-order valence-electron chi connectivity index (χ3n) is 4.42. The molecule has 152 valence electrons. The van der Waals surface area contributed by atoms with Gasteiger partial charge in [-0.2, -0.15) is 4.31 Å². The normalized spacial score (nSPS) is 12.8. The number of carbonyl (C=O) groups is 1. The fourth-order valence-electron chi connectivity index (χ4n) is 2.81. The van der Waals surface area contributed by atoms with Crippen LogP contribution in [-0.4, -0.2) is 38.3 Å². The molecular weight excluding hydrogens is 398 g/mol. The number of amides is 1. The summed E-state index contributed by atoms with van der Waals surface area (Å²) >= 11 is 6.17. The van der Waals surface area contributed by atoms with E-state index in [1.54, 1.807) is 26.0 Å². The molecule has 0 aliphatic rings. The molecule has 0 aliphatic carbocycles. The Morgan fingerprint density at radius 3 is 2.25 bits per heavy atom. The monoisotopic (exact) mass is 423 g/mol. The quantitative estimate of drug-likeness (QED) is 0.645. The van der Waals surface area contributed by atoms with Crippen molar-refractivity contribution in [2.24, 2.45) is 0 Å². The molecule has 1 amide bonds. The Kier molecular flexibility index (Phi) is 8.00. The smallest absolute Gasteiger partial charge is 0.243 e. The summed E-state index contributed by atoms with van der Waals surface area (Å²) in [6.07, 6.45) is 0. The van der Waals surface area contributed by atoms with Crippen LogP contribution in [0.15, 0.2) is 53.4 Å². The van der Waals surface area contributed by atoms with Crippen molar-refractivity contribution in [3.05, 3.63) is 59.1 Å². The average molecular weight is 424 g/mol. The number of carbonyl (C=O) groups excluding carboxylic acids is 1. The molecule has 2 aromatic rings. The SMILES string of the molecule is CCN(CC)S(=O)(=O)c1ccc(NC(=O)CN[C@H](C)c2ccccc2Cl)cc1. The molecule has 2 N–H and O–H groups in total. The highest BCUT2D eigenvalue weighted by Gasteiger charge is 2.21. The van der Waals surface area contributed by atoms with Crippen LogP contribution in [-0.2, 0) is 14.8 Å². The number of nitrogens with one attached hydrogen (secondary N) is 2. The van der Waals surface area contributed by atoms with Crippen LogP contribution in [0.25, 0.3) is 0 Å². The highest BCUT2D eigenvalue weighted by Crippen LogP contribution is 2.22. The summed E-state index contributed by atoms with van der Waals surface area (Å²) in [4.78, 5) is 12.4. The van der Waals surface area contributed by atoms with E-state index in [1.165, 1.54) is 16.4 Å². The molecule has 0 aromatic heterocycles. The first-order valence-corrected chi connectivity index (χ1v) is 11.0. The van der Waals surface area contributed by atoms with Gasteiger partial charge in [-0.1, -0.05) is 43.6 Å². The molecule has 0 bridgehead atoms. The summed E-state index contributed by atoms with van der Waals surface area (Å²) in [5.41, 5.74) is 1.46. The zero-order valence-electron chi connectivity index (χ0n) is 16.3. The van der Waals surface area contributed by atoms with Gasteiger partial charge in [0, 0.05) is 29.8 Å². The van der Waals surface area contributed by atoms with Crippen molar-refractivity contribution >= 4 is 33.2 Å². The molecule has 0 aliphatic heterocycles. The van der Waals surface area contributed by atoms with Gasteiger partial charge >= 0.3 is 0 Å². The van der Waals surface area contributed by atoms with E-state index in [4.69, 9.17) is 11.6 Å². The number of benzene rings is 2. The van der Waals surface area contributed by atoms with Crippen LogP contribution in [0.2, 0.25) is 5.02 Å². The second kappa shape index (κ2) is 10.0. The lowest BCUT2D eigenvalue weighted by atomic mass is 10.1. The lowest BCUT2D eigenvalue weighted by Gasteiger charge is -2.18. The van der Waals surface area contributed by atoms with Crippen LogP contribution in [0.5, 0.6) is 0 Å². The largest absolute Gasteiger partial charge is 0.325 e. The summed E-state index contributed by atoms with van der Waals surface area (Å²) in [7, 11) is -3.51. The number of hydrogen-bond donors (Lipinski definition) is 2. The first-order chi connectivity index (χ1) is 13.3. The maximum atomic E-state index is 12.5. The highest BCUT2D eigenvalue weighted by molar-refractivity contribution is 7.89. The molecule has 8 heteroatoms. The Hall–Kier alpha value is -1.93. The van der Waals surface area contributed by atoms with Crippen LogP contribution in [0.4, 0.5) is 5.69 Å². The molecule has 0 heterocycles. The van der Waals surface area contributed by atoms with Gasteiger partial charge in [-0.3, -0.25) is 4.79 Å². The minimum absolute atomic E-state index is 0.0824. The molecule has 0 unspecified atom stereocenters. The number of anilines is 1. The first kappa shape index (κ1) is 22.4. The van der Waals surface area contributed by atoms with E-state index < -0.39 is 10.0 Å². The predicted molar refractivity (Wildman–Crippen MR) is 113 cm³/mol. The Bertz CT molecular complexity index is 897. The zero-order chi connectivity index (χ0) is 20.7. The molecule has 2 rings (SSSR count). The van der Waals surface area contributed by atoms with Gasteiger partial charge < -0.3 is 10.6 Å². The second-order valence-corrected chi connectivity index (χ2v) is 8.63. The lowest BCUT2D eigenvalue weighted by Crippen LogP contribution is -2.31. The van der Waals surface area contributed by atoms with Gasteiger partial charge in [0.1, 0.15) is 0 Å². The summed E-state index contributed by atoms with van der Waals surface area (Å²) in [5.74, 6) is -0.224. The van der Waals surface area contributed by atoms with E-state index in [2.05, 4.69) is 10.6 Å². The third-order valence-corrected chi connectivity index (χ3v) is 6.83. The Labute approximate surface area is 171 Å². The van der Waals surface area contributed by atoms with Gasteiger partial charge in [-0.15, -0.1) is 0 Å². The third kappa shape index (κ3) is 5.54. The van der Waals surface area contributed by atoms with Crippen molar-refractivity contribution in [2.75, 3.05) is 25.0 Å². The summed E-state index contributed by atoms with van der Waals surface area (Å²) in [6.45, 7) is 6.45. The molecule has 0 saturated heterocycles. The zero-order valence-corrected chi connectivity index (χ0v) is 17.8. The fourth-order valence-corrected chi connectivity index (χ4v) is 4.57. The maximum Gasteiger partial charge on any atom is 0.243 e. The molecular formula is C20H26ClN3O3S. The molecule has 0 spiro atoms. The Balaban J connectivity index is 1.95. The molecule has 28 heavy (non-hydrogen) atoms. The van der Waals surface area contributed by atoms with E-state index >= 15 is 0 Å². The van der Waals surface area contributed by atoms with Gasteiger partial charge in [0.05, 0.1) is 11.4 Å². The molecule has 2 aromatic carbocycles. The molecule has 0 saturated carbocycles. The van der Waals surface area contributed by atoms with Gasteiger partial charge in [-0.05, 0) is 42.8 Å². The van der Waals surface area contributed by atoms with Crippen molar-refractivity contribution in [3.63, 3.8) is 0 Å². The van der Waals surface area contributed by atoms with Gasteiger partial charge in [-0.25, -0.2) is 8.42 Å². The number of hydrogen-bond acceptors (Lipinski definition) is 4. The van der Waals surface area contributed by atoms with Crippen molar-refractivity contribution < 1.29 is 13.2 Å². The standard InChI is InChI=1S/C20H26ClN3O3S/c1-4-24(5-2)28(26,27)17-12-10-16(11-13-17)23-20(25)14-22-15(3)18-8-6-7-9-19(18)21/h6-13,15,22H,4-5,14H2,1-3H3,(H,23,25)/t15-/m1/s1. The van der Waals surface area contributed by atoms with E-state index in [9.17, 15) is 13.2 Å². The minimum atomic E-state index is -3.51. The highest BCUT2D eigenvalue weighted by atomic mass is 35.5. The van der Waals surface area contributed by atoms with Crippen molar-refractivity contribution in [2.45, 2.75) is 31.7 Å². The molecule has 1 atom stereocenters. The Morgan fingerprint density at radius 1 is 1.07 bits per heavy atom. The van der Waals surface area contributed by atoms with E-state index in [0.29, 0.717) is 23.8 Å². The van der Waals surface area contributed by atoms with Gasteiger partial charge in [0.15, 0.2) is 0 Å². The number of rotatable bonds is 9. The van der Waals surface area contributed by atoms with Crippen LogP contribution in [0, 0.1) is 0 Å². The van der Waals surface area contributed by atoms with Crippen LogP contribution >= 0.6 is 11.6 Å². The van der Waals surface area contributed by atoms with Gasteiger partial charge in [0.2, 0.25) is 15.9 Å².